The number of hydrogen-bond acceptors (Lipinski definition) is 2. The van der Waals surface area contributed by atoms with Gasteiger partial charge in [-0.3, -0.25) is 0 Å². The van der Waals surface area contributed by atoms with E-state index in [4.69, 9.17) is 4.74 Å². The van der Waals surface area contributed by atoms with E-state index in [0.717, 1.165) is 36.9 Å². The summed E-state index contributed by atoms with van der Waals surface area (Å²) in [6, 6.07) is 0.763. The van der Waals surface area contributed by atoms with E-state index in [-0.39, 0.29) is 0 Å². The molecule has 3 unspecified atom stereocenters. The molecule has 2 fully saturated rings. The molecule has 2 heteroatoms. The fourth-order valence-electron chi connectivity index (χ4n) is 4.09. The van der Waals surface area contributed by atoms with Crippen molar-refractivity contribution in [1.82, 2.24) is 5.32 Å². The first-order valence-corrected chi connectivity index (χ1v) is 9.01. The van der Waals surface area contributed by atoms with Crippen molar-refractivity contribution in [2.24, 2.45) is 17.8 Å². The van der Waals surface area contributed by atoms with Gasteiger partial charge in [0.1, 0.15) is 0 Å². The lowest BCUT2D eigenvalue weighted by Gasteiger charge is -2.37. The Bertz CT molecular complexity index is 260. The van der Waals surface area contributed by atoms with Crippen LogP contribution < -0.4 is 5.32 Å². The third kappa shape index (κ3) is 5.04. The standard InChI is InChI=1S/C18H35NO/c1-14(2)17-10-9-15(3)13-18(17)20-12-11-19-16-7-5-4-6-8-16/h14-19H,4-13H2,1-3H3. The van der Waals surface area contributed by atoms with Crippen LogP contribution in [0.3, 0.4) is 0 Å². The van der Waals surface area contributed by atoms with E-state index >= 15 is 0 Å². The smallest absolute Gasteiger partial charge is 0.0608 e. The van der Waals surface area contributed by atoms with E-state index in [0.29, 0.717) is 6.10 Å². The molecule has 0 aliphatic heterocycles. The van der Waals surface area contributed by atoms with Crippen LogP contribution in [0.1, 0.15) is 72.1 Å². The number of rotatable bonds is 6. The molecule has 0 spiro atoms. The topological polar surface area (TPSA) is 21.3 Å². The van der Waals surface area contributed by atoms with Crippen LogP contribution >= 0.6 is 0 Å². The predicted octanol–water partition coefficient (Wildman–Crippen LogP) is 4.39. The molecule has 20 heavy (non-hydrogen) atoms. The quantitative estimate of drug-likeness (QED) is 0.729. The highest BCUT2D eigenvalue weighted by atomic mass is 16.5. The first-order chi connectivity index (χ1) is 9.66. The van der Waals surface area contributed by atoms with Gasteiger partial charge < -0.3 is 10.1 Å². The van der Waals surface area contributed by atoms with Gasteiger partial charge in [0, 0.05) is 12.6 Å². The van der Waals surface area contributed by atoms with Crippen LogP contribution in [-0.2, 0) is 4.74 Å². The summed E-state index contributed by atoms with van der Waals surface area (Å²) in [5.74, 6) is 2.39. The second-order valence-corrected chi connectivity index (χ2v) is 7.52. The molecule has 3 atom stereocenters. The molecule has 2 aliphatic rings. The molecular formula is C18H35NO. The minimum Gasteiger partial charge on any atom is -0.377 e. The first-order valence-electron chi connectivity index (χ1n) is 9.01. The molecule has 0 radical (unpaired) electrons. The van der Waals surface area contributed by atoms with E-state index in [2.05, 4.69) is 26.1 Å². The molecule has 2 saturated carbocycles. The zero-order valence-electron chi connectivity index (χ0n) is 13.9. The fraction of sp³-hybridized carbons (Fsp3) is 1.00. The lowest BCUT2D eigenvalue weighted by atomic mass is 9.75. The van der Waals surface area contributed by atoms with Gasteiger partial charge in [-0.15, -0.1) is 0 Å². The molecule has 0 aromatic heterocycles. The van der Waals surface area contributed by atoms with Gasteiger partial charge in [0.15, 0.2) is 0 Å². The van der Waals surface area contributed by atoms with Crippen LogP contribution in [0.4, 0.5) is 0 Å². The van der Waals surface area contributed by atoms with Gasteiger partial charge in [-0.25, -0.2) is 0 Å². The Morgan fingerprint density at radius 1 is 1.05 bits per heavy atom. The second kappa shape index (κ2) is 8.38. The predicted molar refractivity (Wildman–Crippen MR) is 86.0 cm³/mol. The SMILES string of the molecule is CC1CCC(C(C)C)C(OCCNC2CCCCC2)C1. The Kier molecular flexibility index (Phi) is 6.83. The van der Waals surface area contributed by atoms with Crippen molar-refractivity contribution < 1.29 is 4.74 Å². The molecule has 0 aromatic rings. The Morgan fingerprint density at radius 3 is 2.50 bits per heavy atom. The van der Waals surface area contributed by atoms with Crippen molar-refractivity contribution in [2.45, 2.75) is 84.3 Å². The molecule has 2 nitrogen and oxygen atoms in total. The highest BCUT2D eigenvalue weighted by Crippen LogP contribution is 2.35. The fourth-order valence-corrected chi connectivity index (χ4v) is 4.09. The maximum absolute atomic E-state index is 6.26. The van der Waals surface area contributed by atoms with Crippen molar-refractivity contribution in [3.63, 3.8) is 0 Å². The van der Waals surface area contributed by atoms with Crippen molar-refractivity contribution in [3.8, 4) is 0 Å². The van der Waals surface area contributed by atoms with Gasteiger partial charge in [-0.2, -0.15) is 0 Å². The molecule has 0 saturated heterocycles. The van der Waals surface area contributed by atoms with Gasteiger partial charge in [0.05, 0.1) is 12.7 Å². The third-order valence-electron chi connectivity index (χ3n) is 5.43. The summed E-state index contributed by atoms with van der Waals surface area (Å²) in [7, 11) is 0. The highest BCUT2D eigenvalue weighted by molar-refractivity contribution is 4.81. The van der Waals surface area contributed by atoms with Crippen molar-refractivity contribution in [2.75, 3.05) is 13.2 Å². The van der Waals surface area contributed by atoms with Gasteiger partial charge >= 0.3 is 0 Å². The lowest BCUT2D eigenvalue weighted by molar-refractivity contribution is -0.0373. The minimum absolute atomic E-state index is 0.506. The number of hydrogen-bond donors (Lipinski definition) is 1. The molecule has 2 rings (SSSR count). The lowest BCUT2D eigenvalue weighted by Crippen LogP contribution is -2.38. The third-order valence-corrected chi connectivity index (χ3v) is 5.43. The molecular weight excluding hydrogens is 246 g/mol. The average molecular weight is 281 g/mol. The van der Waals surface area contributed by atoms with Crippen molar-refractivity contribution >= 4 is 0 Å². The summed E-state index contributed by atoms with van der Waals surface area (Å²) in [6.07, 6.45) is 11.5. The van der Waals surface area contributed by atoms with Gasteiger partial charge in [-0.05, 0) is 43.4 Å². The van der Waals surface area contributed by atoms with Crippen LogP contribution in [0, 0.1) is 17.8 Å². The van der Waals surface area contributed by atoms with Crippen molar-refractivity contribution in [3.05, 3.63) is 0 Å². The van der Waals surface area contributed by atoms with Crippen molar-refractivity contribution in [1.29, 1.82) is 0 Å². The molecule has 2 aliphatic carbocycles. The monoisotopic (exact) mass is 281 g/mol. The van der Waals surface area contributed by atoms with Gasteiger partial charge in [-0.1, -0.05) is 46.5 Å². The Hall–Kier alpha value is -0.0800. The van der Waals surface area contributed by atoms with Crippen LogP contribution in [0.15, 0.2) is 0 Å². The normalized spacial score (nSPS) is 32.7. The summed E-state index contributed by atoms with van der Waals surface area (Å²) in [5, 5.41) is 3.69. The Balaban J connectivity index is 1.65. The molecule has 0 bridgehead atoms. The van der Waals surface area contributed by atoms with Crippen LogP contribution in [0.2, 0.25) is 0 Å². The maximum atomic E-state index is 6.26. The second-order valence-electron chi connectivity index (χ2n) is 7.52. The number of ether oxygens (including phenoxy) is 1. The minimum atomic E-state index is 0.506. The van der Waals surface area contributed by atoms with E-state index in [9.17, 15) is 0 Å². The molecule has 118 valence electrons. The Labute approximate surface area is 126 Å². The Morgan fingerprint density at radius 2 is 1.80 bits per heavy atom. The molecule has 0 heterocycles. The highest BCUT2D eigenvalue weighted by Gasteiger charge is 2.31. The van der Waals surface area contributed by atoms with E-state index in [1.807, 2.05) is 0 Å². The molecule has 0 aromatic carbocycles. The molecule has 1 N–H and O–H groups in total. The van der Waals surface area contributed by atoms with Crippen LogP contribution in [0.5, 0.6) is 0 Å². The van der Waals surface area contributed by atoms with E-state index in [1.165, 1.54) is 51.4 Å². The van der Waals surface area contributed by atoms with Crippen LogP contribution in [-0.4, -0.2) is 25.3 Å². The summed E-state index contributed by atoms with van der Waals surface area (Å²) in [4.78, 5) is 0. The largest absolute Gasteiger partial charge is 0.377 e. The van der Waals surface area contributed by atoms with E-state index in [1.54, 1.807) is 0 Å². The first kappa shape index (κ1) is 16.3. The van der Waals surface area contributed by atoms with E-state index < -0.39 is 0 Å². The summed E-state index contributed by atoms with van der Waals surface area (Å²) in [5.41, 5.74) is 0. The van der Waals surface area contributed by atoms with Gasteiger partial charge in [0.25, 0.3) is 0 Å². The summed E-state index contributed by atoms with van der Waals surface area (Å²) >= 11 is 0. The average Bonchev–Trinajstić information content (AvgIpc) is 2.44. The summed E-state index contributed by atoms with van der Waals surface area (Å²) in [6.45, 7) is 9.04. The summed E-state index contributed by atoms with van der Waals surface area (Å²) < 4.78 is 6.26. The zero-order chi connectivity index (χ0) is 14.4. The molecule has 0 amide bonds. The maximum Gasteiger partial charge on any atom is 0.0608 e. The number of nitrogens with one attached hydrogen (secondary N) is 1. The van der Waals surface area contributed by atoms with Crippen LogP contribution in [0.25, 0.3) is 0 Å². The van der Waals surface area contributed by atoms with Gasteiger partial charge in [0.2, 0.25) is 0 Å². The zero-order valence-corrected chi connectivity index (χ0v) is 13.9.